The van der Waals surface area contributed by atoms with Crippen LogP contribution in [0.1, 0.15) is 60.8 Å². The zero-order valence-corrected chi connectivity index (χ0v) is 10.0. The lowest BCUT2D eigenvalue weighted by molar-refractivity contribution is -0.149. The van der Waals surface area contributed by atoms with E-state index in [1.54, 1.807) is 0 Å². The Bertz CT molecular complexity index is 266. The van der Waals surface area contributed by atoms with E-state index in [1.165, 1.54) is 0 Å². The van der Waals surface area contributed by atoms with Gasteiger partial charge in [-0.1, -0.05) is 34.6 Å². The number of carbonyl (C=O) groups excluding carboxylic acids is 1. The van der Waals surface area contributed by atoms with E-state index in [4.69, 9.17) is 5.11 Å². The van der Waals surface area contributed by atoms with Crippen LogP contribution in [0.2, 0.25) is 0 Å². The number of aliphatic carboxylic acids is 1. The van der Waals surface area contributed by atoms with Gasteiger partial charge in [0.15, 0.2) is 0 Å². The summed E-state index contributed by atoms with van der Waals surface area (Å²) < 4.78 is 0. The zero-order valence-electron chi connectivity index (χ0n) is 10.0. The second-order valence-corrected chi connectivity index (χ2v) is 4.65. The summed E-state index contributed by atoms with van der Waals surface area (Å²) in [5.74, 6) is -1.73. The molecule has 2 N–H and O–H groups in total. The van der Waals surface area contributed by atoms with E-state index in [-0.39, 0.29) is 32.7 Å². The quantitative estimate of drug-likeness (QED) is 0.815. The predicted molar refractivity (Wildman–Crippen MR) is 74.4 cm³/mol. The van der Waals surface area contributed by atoms with Crippen molar-refractivity contribution >= 4 is 11.9 Å². The van der Waals surface area contributed by atoms with Gasteiger partial charge in [-0.25, -0.2) is 0 Å². The normalized spacial score (nSPS) is 24.1. The van der Waals surface area contributed by atoms with Crippen LogP contribution >= 0.6 is 0 Å². The van der Waals surface area contributed by atoms with Crippen molar-refractivity contribution < 1.29 is 14.7 Å². The summed E-state index contributed by atoms with van der Waals surface area (Å²) in [5.41, 5.74) is 0. The van der Waals surface area contributed by atoms with Crippen LogP contribution < -0.4 is 5.32 Å². The van der Waals surface area contributed by atoms with Gasteiger partial charge in [0.2, 0.25) is 5.91 Å². The third kappa shape index (κ3) is 5.07. The highest BCUT2D eigenvalue weighted by Crippen LogP contribution is 2.30. The zero-order chi connectivity index (χ0) is 12.1. The van der Waals surface area contributed by atoms with Crippen LogP contribution in [0, 0.1) is 11.8 Å². The van der Waals surface area contributed by atoms with E-state index in [2.05, 4.69) is 5.32 Å². The lowest BCUT2D eigenvalue weighted by atomic mass is 9.78. The summed E-state index contributed by atoms with van der Waals surface area (Å²) in [6.45, 7) is 3.94. The summed E-state index contributed by atoms with van der Waals surface area (Å²) >= 11 is 0. The SMILES string of the molecule is C.C.CCC(C)NC(=O)C1CCCCC1C(=O)O. The van der Waals surface area contributed by atoms with E-state index >= 15 is 0 Å². The number of carboxylic acid groups (broad SMARTS) is 1. The molecule has 4 nitrogen and oxygen atoms in total. The maximum Gasteiger partial charge on any atom is 0.307 e. The monoisotopic (exact) mass is 259 g/mol. The van der Waals surface area contributed by atoms with Gasteiger partial charge in [-0.2, -0.15) is 0 Å². The Morgan fingerprint density at radius 3 is 2.17 bits per heavy atom. The molecule has 1 saturated carbocycles. The molecule has 0 bridgehead atoms. The molecule has 0 aliphatic heterocycles. The van der Waals surface area contributed by atoms with Crippen molar-refractivity contribution in [1.82, 2.24) is 5.32 Å². The molecule has 0 saturated heterocycles. The Labute approximate surface area is 111 Å². The van der Waals surface area contributed by atoms with Crippen LogP contribution in [-0.2, 0) is 9.59 Å². The van der Waals surface area contributed by atoms with Crippen LogP contribution in [0.4, 0.5) is 0 Å². The number of hydrogen-bond donors (Lipinski definition) is 2. The first-order valence-corrected chi connectivity index (χ1v) is 6.09. The molecule has 4 heteroatoms. The van der Waals surface area contributed by atoms with Gasteiger partial charge < -0.3 is 10.4 Å². The topological polar surface area (TPSA) is 66.4 Å². The average Bonchev–Trinajstić information content (AvgIpc) is 2.28. The maximum atomic E-state index is 11.9. The second-order valence-electron chi connectivity index (χ2n) is 4.65. The van der Waals surface area contributed by atoms with Crippen LogP contribution in [-0.4, -0.2) is 23.0 Å². The first kappa shape index (κ1) is 19.3. The van der Waals surface area contributed by atoms with Crippen molar-refractivity contribution in [3.05, 3.63) is 0 Å². The molecule has 1 aliphatic carbocycles. The number of carboxylic acids is 1. The van der Waals surface area contributed by atoms with Gasteiger partial charge in [-0.15, -0.1) is 0 Å². The molecule has 3 atom stereocenters. The molecule has 1 fully saturated rings. The molecule has 1 aliphatic rings. The van der Waals surface area contributed by atoms with Crippen LogP contribution in [0.25, 0.3) is 0 Å². The fraction of sp³-hybridized carbons (Fsp3) is 0.857. The van der Waals surface area contributed by atoms with Crippen molar-refractivity contribution in [2.75, 3.05) is 0 Å². The summed E-state index contributed by atoms with van der Waals surface area (Å²) in [6, 6.07) is 0.129. The third-order valence-electron chi connectivity index (χ3n) is 3.42. The molecule has 1 amide bonds. The second kappa shape index (κ2) is 8.95. The van der Waals surface area contributed by atoms with Crippen LogP contribution in [0.5, 0.6) is 0 Å². The minimum Gasteiger partial charge on any atom is -0.481 e. The highest BCUT2D eigenvalue weighted by atomic mass is 16.4. The molecule has 18 heavy (non-hydrogen) atoms. The Morgan fingerprint density at radius 1 is 1.22 bits per heavy atom. The first-order valence-electron chi connectivity index (χ1n) is 6.09. The summed E-state index contributed by atoms with van der Waals surface area (Å²) in [6.07, 6.45) is 4.09. The fourth-order valence-electron chi connectivity index (χ4n) is 2.19. The lowest BCUT2D eigenvalue weighted by Gasteiger charge is -2.28. The maximum absolute atomic E-state index is 11.9. The number of rotatable bonds is 4. The molecular formula is C14H29NO3. The first-order chi connectivity index (χ1) is 7.56. The Kier molecular flexibility index (Phi) is 9.59. The number of amides is 1. The van der Waals surface area contributed by atoms with E-state index in [9.17, 15) is 9.59 Å². The van der Waals surface area contributed by atoms with Crippen molar-refractivity contribution in [2.24, 2.45) is 11.8 Å². The molecule has 0 radical (unpaired) electrons. The number of carbonyl (C=O) groups is 2. The Morgan fingerprint density at radius 2 is 1.72 bits per heavy atom. The Balaban J connectivity index is 0. The van der Waals surface area contributed by atoms with Crippen molar-refractivity contribution in [1.29, 1.82) is 0 Å². The smallest absolute Gasteiger partial charge is 0.307 e. The molecule has 0 spiro atoms. The Hall–Kier alpha value is -1.06. The standard InChI is InChI=1S/C12H21NO3.2CH4/c1-3-8(2)13-11(14)9-6-4-5-7-10(9)12(15)16;;/h8-10H,3-7H2,1-2H3,(H,13,14)(H,15,16);2*1H4. The summed E-state index contributed by atoms with van der Waals surface area (Å²) in [4.78, 5) is 23.0. The molecule has 3 unspecified atom stereocenters. The van der Waals surface area contributed by atoms with Gasteiger partial charge in [0.1, 0.15) is 0 Å². The van der Waals surface area contributed by atoms with E-state index in [1.807, 2.05) is 13.8 Å². The van der Waals surface area contributed by atoms with Gasteiger partial charge >= 0.3 is 5.97 Å². The summed E-state index contributed by atoms with van der Waals surface area (Å²) in [7, 11) is 0. The third-order valence-corrected chi connectivity index (χ3v) is 3.42. The van der Waals surface area contributed by atoms with Gasteiger partial charge in [0.05, 0.1) is 11.8 Å². The van der Waals surface area contributed by atoms with Crippen LogP contribution in [0.15, 0.2) is 0 Å². The van der Waals surface area contributed by atoms with Crippen molar-refractivity contribution in [2.45, 2.75) is 66.8 Å². The molecule has 0 aromatic carbocycles. The van der Waals surface area contributed by atoms with E-state index in [0.717, 1.165) is 19.3 Å². The van der Waals surface area contributed by atoms with Crippen LogP contribution in [0.3, 0.4) is 0 Å². The number of hydrogen-bond acceptors (Lipinski definition) is 2. The minimum absolute atomic E-state index is 0. The van der Waals surface area contributed by atoms with Gasteiger partial charge in [0, 0.05) is 6.04 Å². The molecular weight excluding hydrogens is 230 g/mol. The fourth-order valence-corrected chi connectivity index (χ4v) is 2.19. The summed E-state index contributed by atoms with van der Waals surface area (Å²) in [5, 5.41) is 12.0. The highest BCUT2D eigenvalue weighted by molar-refractivity contribution is 5.85. The molecule has 0 aromatic heterocycles. The highest BCUT2D eigenvalue weighted by Gasteiger charge is 2.35. The molecule has 0 heterocycles. The average molecular weight is 259 g/mol. The van der Waals surface area contributed by atoms with E-state index < -0.39 is 11.9 Å². The molecule has 1 rings (SSSR count). The number of nitrogens with one attached hydrogen (secondary N) is 1. The minimum atomic E-state index is -0.830. The van der Waals surface area contributed by atoms with Gasteiger partial charge in [0.25, 0.3) is 0 Å². The van der Waals surface area contributed by atoms with Crippen molar-refractivity contribution in [3.63, 3.8) is 0 Å². The van der Waals surface area contributed by atoms with E-state index in [0.29, 0.717) is 12.8 Å². The largest absolute Gasteiger partial charge is 0.481 e. The van der Waals surface area contributed by atoms with Gasteiger partial charge in [-0.05, 0) is 26.2 Å². The van der Waals surface area contributed by atoms with Gasteiger partial charge in [-0.3, -0.25) is 9.59 Å². The predicted octanol–water partition coefficient (Wildman–Crippen LogP) is 3.06. The van der Waals surface area contributed by atoms with Crippen molar-refractivity contribution in [3.8, 4) is 0 Å². The molecule has 108 valence electrons. The molecule has 0 aromatic rings. The lowest BCUT2D eigenvalue weighted by Crippen LogP contribution is -2.42.